The number of nitrogens with one attached hydrogen (secondary N) is 2. The topological polar surface area (TPSA) is 70.6 Å². The lowest BCUT2D eigenvalue weighted by Crippen LogP contribution is -2.32. The Hall–Kier alpha value is -1.79. The zero-order valence-electron chi connectivity index (χ0n) is 11.8. The Morgan fingerprint density at radius 2 is 1.54 bits per heavy atom. The summed E-state index contributed by atoms with van der Waals surface area (Å²) in [5, 5.41) is 7.44. The largest absolute Gasteiger partial charge is 0.329 e. The molecule has 0 bridgehead atoms. The van der Waals surface area contributed by atoms with E-state index in [-0.39, 0.29) is 10.7 Å². The number of hydrazone groups is 1. The van der Waals surface area contributed by atoms with Crippen molar-refractivity contribution in [3.63, 3.8) is 0 Å². The number of carbonyl (C=O) groups is 2. The van der Waals surface area contributed by atoms with Crippen LogP contribution in [-0.4, -0.2) is 18.0 Å². The minimum atomic E-state index is -0.979. The van der Waals surface area contributed by atoms with Crippen molar-refractivity contribution in [2.45, 2.75) is 0 Å². The van der Waals surface area contributed by atoms with Gasteiger partial charge in [-0.2, -0.15) is 5.10 Å². The molecule has 0 unspecified atom stereocenters. The van der Waals surface area contributed by atoms with Gasteiger partial charge in [0.2, 0.25) is 0 Å². The molecule has 0 fully saturated rings. The van der Waals surface area contributed by atoms with Crippen LogP contribution in [0.5, 0.6) is 0 Å². The van der Waals surface area contributed by atoms with Gasteiger partial charge in [0.05, 0.1) is 21.9 Å². The third-order valence-electron chi connectivity index (χ3n) is 2.72. The second-order valence-corrected chi connectivity index (χ2v) is 6.13. The molecule has 0 aromatic heterocycles. The SMILES string of the molecule is O=C(N/N=C\c1ccc(Cl)cc1Cl)C(=O)Nc1cc(Cl)ccc1Cl. The molecule has 0 radical (unpaired) electrons. The molecule has 2 rings (SSSR count). The highest BCUT2D eigenvalue weighted by molar-refractivity contribution is 6.42. The van der Waals surface area contributed by atoms with E-state index in [4.69, 9.17) is 46.4 Å². The van der Waals surface area contributed by atoms with E-state index in [1.807, 2.05) is 0 Å². The van der Waals surface area contributed by atoms with Crippen LogP contribution in [-0.2, 0) is 9.59 Å². The lowest BCUT2D eigenvalue weighted by atomic mass is 10.2. The zero-order chi connectivity index (χ0) is 17.7. The van der Waals surface area contributed by atoms with E-state index < -0.39 is 11.8 Å². The van der Waals surface area contributed by atoms with Crippen molar-refractivity contribution in [2.75, 3.05) is 5.32 Å². The highest BCUT2D eigenvalue weighted by atomic mass is 35.5. The summed E-state index contributed by atoms with van der Waals surface area (Å²) in [6.45, 7) is 0. The Balaban J connectivity index is 1.97. The maximum absolute atomic E-state index is 11.8. The van der Waals surface area contributed by atoms with Crippen molar-refractivity contribution >= 4 is 70.1 Å². The van der Waals surface area contributed by atoms with Crippen molar-refractivity contribution < 1.29 is 9.59 Å². The maximum Gasteiger partial charge on any atom is 0.329 e. The van der Waals surface area contributed by atoms with Crippen molar-refractivity contribution in [3.8, 4) is 0 Å². The molecule has 0 aliphatic rings. The summed E-state index contributed by atoms with van der Waals surface area (Å²) in [6, 6.07) is 9.24. The Morgan fingerprint density at radius 3 is 2.25 bits per heavy atom. The van der Waals surface area contributed by atoms with Crippen LogP contribution in [0.4, 0.5) is 5.69 Å². The lowest BCUT2D eigenvalue weighted by molar-refractivity contribution is -0.136. The fourth-order valence-electron chi connectivity index (χ4n) is 1.59. The molecule has 2 amide bonds. The molecule has 0 saturated heterocycles. The van der Waals surface area contributed by atoms with Gasteiger partial charge in [0.1, 0.15) is 0 Å². The van der Waals surface area contributed by atoms with Crippen LogP contribution in [0.15, 0.2) is 41.5 Å². The molecule has 2 N–H and O–H groups in total. The lowest BCUT2D eigenvalue weighted by Gasteiger charge is -2.06. The summed E-state index contributed by atoms with van der Waals surface area (Å²) in [6.07, 6.45) is 1.29. The number of anilines is 1. The van der Waals surface area contributed by atoms with Crippen LogP contribution in [0.1, 0.15) is 5.56 Å². The molecule has 0 heterocycles. The zero-order valence-corrected chi connectivity index (χ0v) is 14.8. The van der Waals surface area contributed by atoms with Crippen LogP contribution in [0, 0.1) is 0 Å². The van der Waals surface area contributed by atoms with E-state index in [1.165, 1.54) is 24.4 Å². The summed E-state index contributed by atoms with van der Waals surface area (Å²) < 4.78 is 0. The minimum absolute atomic E-state index is 0.217. The van der Waals surface area contributed by atoms with Gasteiger partial charge in [0.15, 0.2) is 0 Å². The minimum Gasteiger partial charge on any atom is -0.316 e. The molecule has 9 heteroatoms. The van der Waals surface area contributed by atoms with Crippen LogP contribution in [0.2, 0.25) is 20.1 Å². The fraction of sp³-hybridized carbons (Fsp3) is 0. The smallest absolute Gasteiger partial charge is 0.316 e. The van der Waals surface area contributed by atoms with Crippen LogP contribution < -0.4 is 10.7 Å². The molecule has 0 aliphatic carbocycles. The van der Waals surface area contributed by atoms with Crippen molar-refractivity contribution in [1.29, 1.82) is 0 Å². The van der Waals surface area contributed by atoms with Gasteiger partial charge in [-0.25, -0.2) is 5.43 Å². The van der Waals surface area contributed by atoms with E-state index >= 15 is 0 Å². The monoisotopic (exact) mass is 403 g/mol. The normalized spacial score (nSPS) is 10.7. The highest BCUT2D eigenvalue weighted by Gasteiger charge is 2.14. The van der Waals surface area contributed by atoms with Gasteiger partial charge in [0.25, 0.3) is 0 Å². The third kappa shape index (κ3) is 5.11. The maximum atomic E-state index is 11.8. The van der Waals surface area contributed by atoms with E-state index in [1.54, 1.807) is 18.2 Å². The van der Waals surface area contributed by atoms with E-state index in [0.29, 0.717) is 20.6 Å². The van der Waals surface area contributed by atoms with Gasteiger partial charge in [-0.15, -0.1) is 0 Å². The number of nitrogens with zero attached hydrogens (tertiary/aromatic N) is 1. The second kappa shape index (κ2) is 8.35. The summed E-state index contributed by atoms with van der Waals surface area (Å²) >= 11 is 23.4. The van der Waals surface area contributed by atoms with Gasteiger partial charge in [-0.05, 0) is 30.3 Å². The summed E-state index contributed by atoms with van der Waals surface area (Å²) in [5.41, 5.74) is 2.82. The predicted molar refractivity (Wildman–Crippen MR) is 97.3 cm³/mol. The Bertz CT molecular complexity index is 824. The first-order chi connectivity index (χ1) is 11.4. The van der Waals surface area contributed by atoms with Gasteiger partial charge in [-0.1, -0.05) is 52.5 Å². The highest BCUT2D eigenvalue weighted by Crippen LogP contribution is 2.25. The molecule has 24 heavy (non-hydrogen) atoms. The average Bonchev–Trinajstić information content (AvgIpc) is 2.52. The van der Waals surface area contributed by atoms with Crippen LogP contribution in [0.3, 0.4) is 0 Å². The number of hydrogen-bond acceptors (Lipinski definition) is 3. The van der Waals surface area contributed by atoms with Crippen LogP contribution in [0.25, 0.3) is 0 Å². The van der Waals surface area contributed by atoms with Crippen molar-refractivity contribution in [2.24, 2.45) is 5.10 Å². The fourth-order valence-corrected chi connectivity index (χ4v) is 2.38. The van der Waals surface area contributed by atoms with E-state index in [0.717, 1.165) is 0 Å². The molecule has 124 valence electrons. The van der Waals surface area contributed by atoms with Gasteiger partial charge < -0.3 is 5.32 Å². The molecular weight excluding hydrogens is 396 g/mol. The number of hydrogen-bond donors (Lipinski definition) is 2. The number of rotatable bonds is 3. The standard InChI is InChI=1S/C15H9Cl4N3O2/c16-9-2-1-8(12(19)5-9)7-20-22-15(24)14(23)21-13-6-10(17)3-4-11(13)18/h1-7H,(H,21,23)(H,22,24)/b20-7-. The summed E-state index contributed by atoms with van der Waals surface area (Å²) in [5.74, 6) is -1.93. The Labute approximate surface area is 157 Å². The van der Waals surface area contributed by atoms with Gasteiger partial charge in [-0.3, -0.25) is 9.59 Å². The molecule has 0 saturated carbocycles. The molecule has 0 aliphatic heterocycles. The Kier molecular flexibility index (Phi) is 6.45. The van der Waals surface area contributed by atoms with Gasteiger partial charge >= 0.3 is 11.8 Å². The number of halogens is 4. The molecule has 2 aromatic rings. The van der Waals surface area contributed by atoms with E-state index in [2.05, 4.69) is 15.8 Å². The van der Waals surface area contributed by atoms with Crippen molar-refractivity contribution in [3.05, 3.63) is 62.1 Å². The molecule has 0 spiro atoms. The molecule has 5 nitrogen and oxygen atoms in total. The van der Waals surface area contributed by atoms with Crippen molar-refractivity contribution in [1.82, 2.24) is 5.43 Å². The molecular formula is C15H9Cl4N3O2. The predicted octanol–water partition coefficient (Wildman–Crippen LogP) is 4.39. The third-order valence-corrected chi connectivity index (χ3v) is 3.84. The summed E-state index contributed by atoms with van der Waals surface area (Å²) in [4.78, 5) is 23.5. The first kappa shape index (κ1) is 18.5. The first-order valence-electron chi connectivity index (χ1n) is 6.41. The van der Waals surface area contributed by atoms with E-state index in [9.17, 15) is 9.59 Å². The quantitative estimate of drug-likeness (QED) is 0.452. The van der Waals surface area contributed by atoms with Crippen LogP contribution >= 0.6 is 46.4 Å². The molecule has 0 atom stereocenters. The average molecular weight is 405 g/mol. The van der Waals surface area contributed by atoms with Gasteiger partial charge in [0, 0.05) is 15.6 Å². The summed E-state index contributed by atoms with van der Waals surface area (Å²) in [7, 11) is 0. The first-order valence-corrected chi connectivity index (χ1v) is 7.92. The molecule has 2 aromatic carbocycles. The second-order valence-electron chi connectivity index (χ2n) is 4.44. The number of benzene rings is 2. The Morgan fingerprint density at radius 1 is 0.875 bits per heavy atom. The number of carbonyl (C=O) groups excluding carboxylic acids is 2. The number of amides is 2.